The summed E-state index contributed by atoms with van der Waals surface area (Å²) in [5.41, 5.74) is 2.29. The summed E-state index contributed by atoms with van der Waals surface area (Å²) in [6.45, 7) is 3.76. The Bertz CT molecular complexity index is 1320. The van der Waals surface area contributed by atoms with Gasteiger partial charge < -0.3 is 15.7 Å². The van der Waals surface area contributed by atoms with Crippen LogP contribution in [-0.2, 0) is 11.0 Å². The van der Waals surface area contributed by atoms with E-state index in [1.807, 2.05) is 19.9 Å². The van der Waals surface area contributed by atoms with Crippen molar-refractivity contribution in [1.82, 2.24) is 5.32 Å². The molecule has 1 aliphatic rings. The monoisotopic (exact) mass is 480 g/mol. The largest absolute Gasteiger partial charge is 0.508 e. The third kappa shape index (κ3) is 5.12. The first kappa shape index (κ1) is 24.2. The number of ketones is 1. The van der Waals surface area contributed by atoms with E-state index in [0.29, 0.717) is 16.7 Å². The van der Waals surface area contributed by atoms with Crippen molar-refractivity contribution >= 4 is 23.0 Å². The number of rotatable bonds is 6. The molecule has 0 saturated heterocycles. The highest BCUT2D eigenvalue weighted by Gasteiger charge is 2.38. The lowest BCUT2D eigenvalue weighted by molar-refractivity contribution is -0.137. The molecule has 8 heteroatoms. The molecule has 0 aromatic heterocycles. The maximum absolute atomic E-state index is 13.9. The summed E-state index contributed by atoms with van der Waals surface area (Å²) < 4.78 is 41.7. The van der Waals surface area contributed by atoms with Crippen LogP contribution in [0.5, 0.6) is 5.75 Å². The van der Waals surface area contributed by atoms with Gasteiger partial charge in [0.25, 0.3) is 5.91 Å². The van der Waals surface area contributed by atoms with Gasteiger partial charge in [-0.1, -0.05) is 41.5 Å². The zero-order valence-electron chi connectivity index (χ0n) is 19.1. The third-order valence-corrected chi connectivity index (χ3v) is 5.72. The van der Waals surface area contributed by atoms with Crippen molar-refractivity contribution < 1.29 is 27.9 Å². The number of hydrogen-bond acceptors (Lipinski definition) is 4. The summed E-state index contributed by atoms with van der Waals surface area (Å²) in [5, 5.41) is 14.9. The van der Waals surface area contributed by atoms with Crippen LogP contribution in [-0.4, -0.2) is 29.9 Å². The van der Waals surface area contributed by atoms with Crippen molar-refractivity contribution in [3.63, 3.8) is 0 Å². The first-order valence-corrected chi connectivity index (χ1v) is 10.9. The van der Waals surface area contributed by atoms with Crippen LogP contribution in [0, 0.1) is 13.8 Å². The summed E-state index contributed by atoms with van der Waals surface area (Å²) in [6, 6.07) is 13.3. The number of alkyl halides is 3. The number of fused-ring (bicyclic) bond motifs is 1. The number of benzene rings is 3. The van der Waals surface area contributed by atoms with Crippen LogP contribution in [0.1, 0.15) is 32.6 Å². The number of aromatic hydroxyl groups is 1. The number of halogens is 3. The second kappa shape index (κ2) is 9.38. The van der Waals surface area contributed by atoms with E-state index in [-0.39, 0.29) is 41.4 Å². The van der Waals surface area contributed by atoms with Gasteiger partial charge in [-0.2, -0.15) is 13.2 Å². The van der Waals surface area contributed by atoms with Gasteiger partial charge in [0.2, 0.25) is 0 Å². The quantitative estimate of drug-likeness (QED) is 0.247. The number of phenolic OH excluding ortho intramolecular Hbond substituents is 1. The highest BCUT2D eigenvalue weighted by Crippen LogP contribution is 2.47. The van der Waals surface area contributed by atoms with Crippen LogP contribution in [0.25, 0.3) is 16.7 Å². The van der Waals surface area contributed by atoms with Crippen LogP contribution >= 0.6 is 0 Å². The van der Waals surface area contributed by atoms with E-state index < -0.39 is 17.6 Å². The molecule has 0 aliphatic carbocycles. The zero-order valence-corrected chi connectivity index (χ0v) is 19.1. The minimum absolute atomic E-state index is 0.0101. The molecule has 0 atom stereocenters. The Hall–Kier alpha value is -3.91. The van der Waals surface area contributed by atoms with E-state index in [0.717, 1.165) is 17.2 Å². The van der Waals surface area contributed by atoms with Crippen molar-refractivity contribution in [2.24, 2.45) is 0 Å². The molecular weight excluding hydrogens is 457 g/mol. The molecular formula is C27H23F3N2O3. The summed E-state index contributed by atoms with van der Waals surface area (Å²) in [7, 11) is 0. The Morgan fingerprint density at radius 3 is 2.31 bits per heavy atom. The van der Waals surface area contributed by atoms with Gasteiger partial charge in [-0.15, -0.1) is 0 Å². The topological polar surface area (TPSA) is 78.4 Å². The third-order valence-electron chi connectivity index (χ3n) is 5.72. The lowest BCUT2D eigenvalue weighted by Gasteiger charge is -2.17. The number of Topliss-reactive ketones (excluding diaryl/α,β-unsaturated/α-hetero) is 1. The average molecular weight is 480 g/mol. The molecule has 0 unspecified atom stereocenters. The van der Waals surface area contributed by atoms with Gasteiger partial charge in [0.15, 0.2) is 5.78 Å². The maximum atomic E-state index is 13.9. The number of aryl methyl sites for hydroxylation is 2. The van der Waals surface area contributed by atoms with E-state index in [1.54, 1.807) is 18.2 Å². The summed E-state index contributed by atoms with van der Waals surface area (Å²) >= 11 is 0. The normalized spacial score (nSPS) is 14.2. The Kier molecular flexibility index (Phi) is 6.49. The van der Waals surface area contributed by atoms with Gasteiger partial charge in [-0.05, 0) is 49.7 Å². The Morgan fingerprint density at radius 2 is 1.69 bits per heavy atom. The fraction of sp³-hybridized carbons (Fsp3) is 0.185. The van der Waals surface area contributed by atoms with Crippen molar-refractivity contribution in [3.8, 4) is 16.9 Å². The van der Waals surface area contributed by atoms with Gasteiger partial charge in [0.1, 0.15) is 5.75 Å². The fourth-order valence-electron chi connectivity index (χ4n) is 4.23. The second-order valence-corrected chi connectivity index (χ2v) is 8.46. The standard InChI is InChI=1S/C27H23F3N2O3/c1-15-11-16(2)13-18(12-15)24-22(27(28,29)30)8-7-20-21(26(35)32-25(20)24)9-10-31-14-23(34)17-3-5-19(33)6-4-17/h3-9,11-13,31,33H,10,14H2,1-2H3,(H,32,35). The summed E-state index contributed by atoms with van der Waals surface area (Å²) in [6.07, 6.45) is -3.04. The molecule has 3 N–H and O–H groups in total. The first-order valence-electron chi connectivity index (χ1n) is 10.9. The molecule has 35 heavy (non-hydrogen) atoms. The molecule has 1 heterocycles. The van der Waals surface area contributed by atoms with Gasteiger partial charge in [-0.25, -0.2) is 0 Å². The molecule has 0 fully saturated rings. The highest BCUT2D eigenvalue weighted by atomic mass is 19.4. The van der Waals surface area contributed by atoms with Gasteiger partial charge in [0, 0.05) is 28.8 Å². The molecule has 1 aliphatic heterocycles. The molecule has 0 saturated carbocycles. The molecule has 0 spiro atoms. The molecule has 4 rings (SSSR count). The van der Waals surface area contributed by atoms with E-state index in [9.17, 15) is 27.9 Å². The predicted molar refractivity (Wildman–Crippen MR) is 128 cm³/mol. The van der Waals surface area contributed by atoms with Crippen molar-refractivity contribution in [1.29, 1.82) is 0 Å². The number of phenols is 1. The van der Waals surface area contributed by atoms with E-state index >= 15 is 0 Å². The van der Waals surface area contributed by atoms with Crippen molar-refractivity contribution in [2.45, 2.75) is 20.0 Å². The van der Waals surface area contributed by atoms with Crippen LogP contribution in [0.4, 0.5) is 18.9 Å². The first-order chi connectivity index (χ1) is 16.5. The number of carbonyl (C=O) groups excluding carboxylic acids is 2. The molecule has 5 nitrogen and oxygen atoms in total. The minimum Gasteiger partial charge on any atom is -0.508 e. The smallest absolute Gasteiger partial charge is 0.417 e. The number of nitrogens with one attached hydrogen (secondary N) is 2. The van der Waals surface area contributed by atoms with E-state index in [1.165, 1.54) is 30.3 Å². The SMILES string of the molecule is Cc1cc(C)cc(-c2c(C(F)(F)F)ccc3c2NC(=O)C3=CCNCC(=O)c2ccc(O)cc2)c1. The number of hydrogen-bond donors (Lipinski definition) is 3. The van der Waals surface area contributed by atoms with Crippen LogP contribution in [0.2, 0.25) is 0 Å². The fourth-order valence-corrected chi connectivity index (χ4v) is 4.23. The highest BCUT2D eigenvalue weighted by molar-refractivity contribution is 6.33. The van der Waals surface area contributed by atoms with E-state index in [4.69, 9.17) is 0 Å². The lowest BCUT2D eigenvalue weighted by atomic mass is 9.91. The molecule has 3 aromatic carbocycles. The van der Waals surface area contributed by atoms with Crippen LogP contribution < -0.4 is 10.6 Å². The van der Waals surface area contributed by atoms with E-state index in [2.05, 4.69) is 10.6 Å². The Balaban J connectivity index is 1.63. The van der Waals surface area contributed by atoms with Crippen molar-refractivity contribution in [2.75, 3.05) is 18.4 Å². The molecule has 3 aromatic rings. The summed E-state index contributed by atoms with van der Waals surface area (Å²) in [5.74, 6) is -0.651. The van der Waals surface area contributed by atoms with Gasteiger partial charge in [-0.3, -0.25) is 9.59 Å². The number of amides is 1. The molecule has 180 valence electrons. The molecule has 0 bridgehead atoms. The Labute approximate surface area is 200 Å². The Morgan fingerprint density at radius 1 is 1.03 bits per heavy atom. The summed E-state index contributed by atoms with van der Waals surface area (Å²) in [4.78, 5) is 25.0. The van der Waals surface area contributed by atoms with Gasteiger partial charge in [0.05, 0.1) is 17.8 Å². The van der Waals surface area contributed by atoms with Gasteiger partial charge >= 0.3 is 6.18 Å². The van der Waals surface area contributed by atoms with Crippen molar-refractivity contribution in [3.05, 3.63) is 88.5 Å². The molecule has 1 amide bonds. The number of carbonyl (C=O) groups is 2. The maximum Gasteiger partial charge on any atom is 0.417 e. The van der Waals surface area contributed by atoms with Crippen LogP contribution in [0.15, 0.2) is 60.7 Å². The zero-order chi connectivity index (χ0) is 25.3. The second-order valence-electron chi connectivity index (χ2n) is 8.46. The predicted octanol–water partition coefficient (Wildman–Crippen LogP) is 5.50. The lowest BCUT2D eigenvalue weighted by Crippen LogP contribution is -2.23. The molecule has 0 radical (unpaired) electrons. The minimum atomic E-state index is -4.60. The average Bonchev–Trinajstić information content (AvgIpc) is 3.10. The van der Waals surface area contributed by atoms with Crippen LogP contribution in [0.3, 0.4) is 0 Å². The number of anilines is 1.